The SMILES string of the molecule is CCCN(CCC)CC(=O)Nc1cccc2c1CCC(=O)N2. The first-order valence-electron chi connectivity index (χ1n) is 8.08. The van der Waals surface area contributed by atoms with Crippen LogP contribution in [0.15, 0.2) is 18.2 Å². The maximum Gasteiger partial charge on any atom is 0.238 e. The lowest BCUT2D eigenvalue weighted by Crippen LogP contribution is -2.34. The number of nitrogens with zero attached hydrogens (tertiary/aromatic N) is 1. The number of rotatable bonds is 7. The minimum atomic E-state index is 0.00667. The van der Waals surface area contributed by atoms with Gasteiger partial charge in [0.2, 0.25) is 11.8 Å². The van der Waals surface area contributed by atoms with Gasteiger partial charge in [-0.3, -0.25) is 14.5 Å². The molecule has 0 saturated carbocycles. The Morgan fingerprint density at radius 1 is 1.23 bits per heavy atom. The monoisotopic (exact) mass is 303 g/mol. The van der Waals surface area contributed by atoms with Crippen LogP contribution in [0, 0.1) is 0 Å². The van der Waals surface area contributed by atoms with Gasteiger partial charge in [0.15, 0.2) is 0 Å². The molecule has 0 bridgehead atoms. The zero-order valence-corrected chi connectivity index (χ0v) is 13.4. The van der Waals surface area contributed by atoms with Crippen LogP contribution < -0.4 is 10.6 Å². The van der Waals surface area contributed by atoms with Gasteiger partial charge in [-0.05, 0) is 50.0 Å². The van der Waals surface area contributed by atoms with Crippen molar-refractivity contribution in [2.24, 2.45) is 0 Å². The molecule has 2 rings (SSSR count). The van der Waals surface area contributed by atoms with E-state index in [4.69, 9.17) is 0 Å². The lowest BCUT2D eigenvalue weighted by molar-refractivity contribution is -0.117. The van der Waals surface area contributed by atoms with E-state index in [2.05, 4.69) is 29.4 Å². The first-order valence-corrected chi connectivity index (χ1v) is 8.08. The average molecular weight is 303 g/mol. The summed E-state index contributed by atoms with van der Waals surface area (Å²) in [6, 6.07) is 5.64. The van der Waals surface area contributed by atoms with E-state index in [-0.39, 0.29) is 11.8 Å². The minimum Gasteiger partial charge on any atom is -0.326 e. The lowest BCUT2D eigenvalue weighted by Gasteiger charge is -2.22. The zero-order valence-electron chi connectivity index (χ0n) is 13.4. The van der Waals surface area contributed by atoms with E-state index in [1.165, 1.54) is 0 Å². The second kappa shape index (κ2) is 7.94. The highest BCUT2D eigenvalue weighted by Gasteiger charge is 2.19. The van der Waals surface area contributed by atoms with E-state index < -0.39 is 0 Å². The van der Waals surface area contributed by atoms with Gasteiger partial charge in [-0.1, -0.05) is 19.9 Å². The molecule has 0 saturated heterocycles. The first kappa shape index (κ1) is 16.5. The molecule has 0 aromatic heterocycles. The van der Waals surface area contributed by atoms with Crippen molar-refractivity contribution < 1.29 is 9.59 Å². The molecule has 120 valence electrons. The smallest absolute Gasteiger partial charge is 0.238 e. The van der Waals surface area contributed by atoms with Gasteiger partial charge >= 0.3 is 0 Å². The molecule has 0 atom stereocenters. The molecule has 1 aromatic carbocycles. The van der Waals surface area contributed by atoms with E-state index >= 15 is 0 Å². The van der Waals surface area contributed by atoms with E-state index in [1.807, 2.05) is 18.2 Å². The molecular formula is C17H25N3O2. The molecule has 1 aromatic rings. The number of hydrogen-bond acceptors (Lipinski definition) is 3. The van der Waals surface area contributed by atoms with Crippen LogP contribution in [-0.4, -0.2) is 36.3 Å². The lowest BCUT2D eigenvalue weighted by atomic mass is 10.0. The van der Waals surface area contributed by atoms with E-state index in [0.29, 0.717) is 19.4 Å². The Morgan fingerprint density at radius 3 is 2.64 bits per heavy atom. The molecule has 5 nitrogen and oxygen atoms in total. The van der Waals surface area contributed by atoms with Crippen LogP contribution in [0.1, 0.15) is 38.7 Å². The number of carbonyl (C=O) groups is 2. The molecule has 0 fully saturated rings. The number of anilines is 2. The van der Waals surface area contributed by atoms with Gasteiger partial charge < -0.3 is 10.6 Å². The van der Waals surface area contributed by atoms with E-state index in [1.54, 1.807) is 0 Å². The van der Waals surface area contributed by atoms with Crippen molar-refractivity contribution in [2.75, 3.05) is 30.3 Å². The van der Waals surface area contributed by atoms with Crippen molar-refractivity contribution in [1.29, 1.82) is 0 Å². The third-order valence-corrected chi connectivity index (χ3v) is 3.77. The molecule has 2 N–H and O–H groups in total. The summed E-state index contributed by atoms with van der Waals surface area (Å²) in [5, 5.41) is 5.85. The molecule has 0 radical (unpaired) electrons. The summed E-state index contributed by atoms with van der Waals surface area (Å²) < 4.78 is 0. The molecule has 22 heavy (non-hydrogen) atoms. The normalized spacial score (nSPS) is 13.7. The first-order chi connectivity index (χ1) is 10.6. The third-order valence-electron chi connectivity index (χ3n) is 3.77. The predicted octanol–water partition coefficient (Wildman–Crippen LogP) is 2.63. The number of benzene rings is 1. The molecule has 5 heteroatoms. The number of amides is 2. The topological polar surface area (TPSA) is 61.4 Å². The van der Waals surface area contributed by atoms with Crippen LogP contribution in [0.3, 0.4) is 0 Å². The van der Waals surface area contributed by atoms with Crippen molar-refractivity contribution in [3.05, 3.63) is 23.8 Å². The van der Waals surface area contributed by atoms with Gasteiger partial charge in [0, 0.05) is 17.8 Å². The molecule has 1 heterocycles. The van der Waals surface area contributed by atoms with Crippen molar-refractivity contribution in [3.8, 4) is 0 Å². The van der Waals surface area contributed by atoms with Crippen LogP contribution in [0.5, 0.6) is 0 Å². The Bertz CT molecular complexity index is 537. The Labute approximate surface area is 132 Å². The summed E-state index contributed by atoms with van der Waals surface area (Å²) in [5.74, 6) is 0.0419. The Hall–Kier alpha value is -1.88. The fourth-order valence-corrected chi connectivity index (χ4v) is 2.84. The standard InChI is InChI=1S/C17H25N3O2/c1-3-10-20(11-4-2)12-17(22)19-15-7-5-6-14-13(15)8-9-16(21)18-14/h5-7H,3-4,8-12H2,1-2H3,(H,18,21)(H,19,22). The summed E-state index contributed by atoms with van der Waals surface area (Å²) in [7, 11) is 0. The van der Waals surface area contributed by atoms with Crippen LogP contribution in [0.25, 0.3) is 0 Å². The Balaban J connectivity index is 2.02. The summed E-state index contributed by atoms with van der Waals surface area (Å²) in [6.07, 6.45) is 3.23. The summed E-state index contributed by atoms with van der Waals surface area (Å²) in [6.45, 7) is 6.53. The van der Waals surface area contributed by atoms with Crippen LogP contribution in [0.4, 0.5) is 11.4 Å². The quantitative estimate of drug-likeness (QED) is 0.814. The second-order valence-corrected chi connectivity index (χ2v) is 5.70. The Kier molecular flexibility index (Phi) is 5.95. The molecule has 0 spiro atoms. The predicted molar refractivity (Wildman–Crippen MR) is 89.0 cm³/mol. The largest absolute Gasteiger partial charge is 0.326 e. The summed E-state index contributed by atoms with van der Waals surface area (Å²) in [5.41, 5.74) is 2.65. The molecule has 2 amide bonds. The third kappa shape index (κ3) is 4.31. The van der Waals surface area contributed by atoms with Gasteiger partial charge in [0.1, 0.15) is 0 Å². The zero-order chi connectivity index (χ0) is 15.9. The van der Waals surface area contributed by atoms with Gasteiger partial charge in [0.25, 0.3) is 0 Å². The van der Waals surface area contributed by atoms with Crippen molar-refractivity contribution >= 4 is 23.2 Å². The molecule has 0 unspecified atom stereocenters. The van der Waals surface area contributed by atoms with Crippen LogP contribution >= 0.6 is 0 Å². The van der Waals surface area contributed by atoms with Crippen molar-refractivity contribution in [3.63, 3.8) is 0 Å². The highest BCUT2D eigenvalue weighted by atomic mass is 16.2. The number of carbonyl (C=O) groups excluding carboxylic acids is 2. The number of hydrogen-bond donors (Lipinski definition) is 2. The maximum atomic E-state index is 12.3. The molecule has 1 aliphatic heterocycles. The average Bonchev–Trinajstić information content (AvgIpc) is 2.47. The summed E-state index contributed by atoms with van der Waals surface area (Å²) >= 11 is 0. The van der Waals surface area contributed by atoms with E-state index in [0.717, 1.165) is 42.9 Å². The second-order valence-electron chi connectivity index (χ2n) is 5.70. The van der Waals surface area contributed by atoms with Gasteiger partial charge in [-0.15, -0.1) is 0 Å². The highest BCUT2D eigenvalue weighted by Crippen LogP contribution is 2.29. The maximum absolute atomic E-state index is 12.3. The highest BCUT2D eigenvalue weighted by molar-refractivity contribution is 5.98. The number of fused-ring (bicyclic) bond motifs is 1. The van der Waals surface area contributed by atoms with Gasteiger partial charge in [-0.25, -0.2) is 0 Å². The fraction of sp³-hybridized carbons (Fsp3) is 0.529. The number of nitrogens with one attached hydrogen (secondary N) is 2. The molecule has 1 aliphatic rings. The van der Waals surface area contributed by atoms with Crippen molar-refractivity contribution in [1.82, 2.24) is 4.90 Å². The van der Waals surface area contributed by atoms with E-state index in [9.17, 15) is 9.59 Å². The Morgan fingerprint density at radius 2 is 1.95 bits per heavy atom. The molecule has 0 aliphatic carbocycles. The van der Waals surface area contributed by atoms with Crippen LogP contribution in [0.2, 0.25) is 0 Å². The van der Waals surface area contributed by atoms with Gasteiger partial charge in [0.05, 0.1) is 6.54 Å². The summed E-state index contributed by atoms with van der Waals surface area (Å²) in [4.78, 5) is 25.9. The van der Waals surface area contributed by atoms with Gasteiger partial charge in [-0.2, -0.15) is 0 Å². The molecular weight excluding hydrogens is 278 g/mol. The van der Waals surface area contributed by atoms with Crippen molar-refractivity contribution in [2.45, 2.75) is 39.5 Å². The fourth-order valence-electron chi connectivity index (χ4n) is 2.84. The van der Waals surface area contributed by atoms with Crippen LogP contribution in [-0.2, 0) is 16.0 Å². The minimum absolute atomic E-state index is 0.00667.